The van der Waals surface area contributed by atoms with Crippen LogP contribution in [0.5, 0.6) is 5.75 Å². The number of aromatic hydroxyl groups is 1. The smallest absolute Gasteiger partial charge is 0.204 e. The van der Waals surface area contributed by atoms with Gasteiger partial charge in [0.25, 0.3) is 0 Å². The van der Waals surface area contributed by atoms with E-state index in [1.165, 1.54) is 20.2 Å². The van der Waals surface area contributed by atoms with Crippen molar-refractivity contribution < 1.29 is 18.6 Å². The Kier molecular flexibility index (Phi) is 5.10. The van der Waals surface area contributed by atoms with Crippen molar-refractivity contribution in [2.75, 3.05) is 32.4 Å². The van der Waals surface area contributed by atoms with Crippen LogP contribution in [0, 0.1) is 0 Å². The van der Waals surface area contributed by atoms with E-state index in [9.17, 15) is 18.6 Å². The van der Waals surface area contributed by atoms with Crippen LogP contribution in [0.25, 0.3) is 10.8 Å². The number of fused-ring (bicyclic) bond motifs is 1. The lowest BCUT2D eigenvalue weighted by molar-refractivity contribution is 0.358. The number of anilines is 1. The molecule has 2 rings (SSSR count). The summed E-state index contributed by atoms with van der Waals surface area (Å²) in [5, 5.41) is 38.3. The van der Waals surface area contributed by atoms with E-state index in [-0.39, 0.29) is 16.3 Å². The Morgan fingerprint density at radius 3 is 2.25 bits per heavy atom. The van der Waals surface area contributed by atoms with Crippen LogP contribution in [0.1, 0.15) is 0 Å². The van der Waals surface area contributed by atoms with E-state index in [1.54, 1.807) is 19.2 Å². The van der Waals surface area contributed by atoms with Crippen molar-refractivity contribution in [3.05, 3.63) is 18.2 Å². The van der Waals surface area contributed by atoms with Gasteiger partial charge in [0.1, 0.15) is 22.2 Å². The molecular formula is C14H17N5O4S. The first-order valence-corrected chi connectivity index (χ1v) is 8.50. The van der Waals surface area contributed by atoms with Crippen LogP contribution >= 0.6 is 0 Å². The van der Waals surface area contributed by atoms with E-state index in [4.69, 9.17) is 0 Å². The van der Waals surface area contributed by atoms with Crippen molar-refractivity contribution >= 4 is 37.7 Å². The summed E-state index contributed by atoms with van der Waals surface area (Å²) in [6.45, 7) is 0. The van der Waals surface area contributed by atoms with Crippen LogP contribution < -0.4 is 5.32 Å². The van der Waals surface area contributed by atoms with Crippen LogP contribution in [-0.4, -0.2) is 45.7 Å². The van der Waals surface area contributed by atoms with Gasteiger partial charge in [-0.05, 0) is 18.2 Å². The molecule has 2 aromatic rings. The second-order valence-electron chi connectivity index (χ2n) is 4.72. The average molecular weight is 351 g/mol. The molecule has 0 aliphatic carbocycles. The number of phenols is 1. The summed E-state index contributed by atoms with van der Waals surface area (Å²) < 4.78 is 24.4. The number of azo groups is 2. The fraction of sp³-hybridized carbons (Fsp3) is 0.286. The van der Waals surface area contributed by atoms with Gasteiger partial charge in [0.2, 0.25) is 9.84 Å². The van der Waals surface area contributed by atoms with Crippen molar-refractivity contribution in [1.29, 1.82) is 0 Å². The molecule has 0 unspecified atom stereocenters. The molecule has 3 N–H and O–H groups in total. The molecule has 0 aliphatic rings. The van der Waals surface area contributed by atoms with Crippen molar-refractivity contribution in [2.24, 2.45) is 20.5 Å². The number of benzene rings is 2. The average Bonchev–Trinajstić information content (AvgIpc) is 2.57. The van der Waals surface area contributed by atoms with E-state index >= 15 is 0 Å². The summed E-state index contributed by atoms with van der Waals surface area (Å²) in [7, 11) is 0.437. The Morgan fingerprint density at radius 1 is 1.08 bits per heavy atom. The number of sulfone groups is 1. The lowest BCUT2D eigenvalue weighted by atomic mass is 10.1. The highest BCUT2D eigenvalue weighted by Gasteiger charge is 2.24. The van der Waals surface area contributed by atoms with E-state index < -0.39 is 15.8 Å². The summed E-state index contributed by atoms with van der Waals surface area (Å²) in [6.07, 6.45) is 0. The minimum absolute atomic E-state index is 0.226. The highest BCUT2D eigenvalue weighted by atomic mass is 32.2. The fourth-order valence-corrected chi connectivity index (χ4v) is 3.19. The first-order chi connectivity index (χ1) is 11.4. The molecule has 0 fully saturated rings. The summed E-state index contributed by atoms with van der Waals surface area (Å²) in [6, 6.07) is 4.59. The van der Waals surface area contributed by atoms with Crippen LogP contribution in [0.3, 0.4) is 0 Å². The van der Waals surface area contributed by atoms with Gasteiger partial charge in [-0.1, -0.05) is 0 Å². The number of hydrogen-bond acceptors (Lipinski definition) is 9. The normalized spacial score (nSPS) is 12.5. The number of hydrogen-bond donors (Lipinski definition) is 3. The Balaban J connectivity index is 3.06. The Labute approximate surface area is 138 Å². The third-order valence-electron chi connectivity index (χ3n) is 3.38. The first kappa shape index (κ1) is 17.8. The zero-order chi connectivity index (χ0) is 17.9. The summed E-state index contributed by atoms with van der Waals surface area (Å²) in [4.78, 5) is -0.332. The largest absolute Gasteiger partial charge is 0.505 e. The number of nitrogens with zero attached hydrogens (tertiary/aromatic N) is 4. The van der Waals surface area contributed by atoms with Crippen molar-refractivity contribution in [3.8, 4) is 5.75 Å². The number of nitrogens with one attached hydrogen (secondary N) is 1. The topological polar surface area (TPSA) is 136 Å². The minimum Gasteiger partial charge on any atom is -0.505 e. The maximum atomic E-state index is 12.2. The van der Waals surface area contributed by atoms with Gasteiger partial charge >= 0.3 is 0 Å². The SMILES string of the molecule is CN=Nc1c(S(=O)(=O)CO)cc2c(N=NC)c(NC)ccc2c1O. The fourth-order valence-electron chi connectivity index (χ4n) is 2.32. The van der Waals surface area contributed by atoms with Crippen molar-refractivity contribution in [2.45, 2.75) is 4.90 Å². The van der Waals surface area contributed by atoms with Gasteiger partial charge in [0.15, 0.2) is 5.75 Å². The number of aliphatic hydroxyl groups is 1. The lowest BCUT2D eigenvalue weighted by Crippen LogP contribution is -2.06. The second kappa shape index (κ2) is 6.89. The molecule has 0 atom stereocenters. The molecule has 0 saturated heterocycles. The standard InChI is InChI=1S/C14H17N5O4S/c1-15-10-5-4-8-9(12(10)18-16-2)6-11(24(22,23)7-20)13(14(8)21)19-17-3/h4-6,15,20-21H,7H2,1-3H3. The highest BCUT2D eigenvalue weighted by Crippen LogP contribution is 2.45. The Hall–Kier alpha value is -2.59. The molecule has 0 radical (unpaired) electrons. The Morgan fingerprint density at radius 2 is 1.71 bits per heavy atom. The van der Waals surface area contributed by atoms with Gasteiger partial charge < -0.3 is 15.5 Å². The molecule has 2 aromatic carbocycles. The molecule has 128 valence electrons. The van der Waals surface area contributed by atoms with Crippen LogP contribution in [0.2, 0.25) is 0 Å². The van der Waals surface area contributed by atoms with Gasteiger partial charge in [-0.3, -0.25) is 0 Å². The third-order valence-corrected chi connectivity index (χ3v) is 4.70. The first-order valence-electron chi connectivity index (χ1n) is 6.85. The van der Waals surface area contributed by atoms with Crippen molar-refractivity contribution in [3.63, 3.8) is 0 Å². The van der Waals surface area contributed by atoms with E-state index in [1.807, 2.05) is 0 Å². The van der Waals surface area contributed by atoms with Crippen LogP contribution in [-0.2, 0) is 9.84 Å². The van der Waals surface area contributed by atoms with Gasteiger partial charge in [0, 0.05) is 31.9 Å². The zero-order valence-corrected chi connectivity index (χ0v) is 14.2. The lowest BCUT2D eigenvalue weighted by Gasteiger charge is -2.13. The highest BCUT2D eigenvalue weighted by molar-refractivity contribution is 7.91. The third kappa shape index (κ3) is 2.93. The molecule has 0 bridgehead atoms. The van der Waals surface area contributed by atoms with Gasteiger partial charge in [-0.2, -0.15) is 20.5 Å². The molecule has 0 aromatic heterocycles. The quantitative estimate of drug-likeness (QED) is 0.711. The predicted molar refractivity (Wildman–Crippen MR) is 90.3 cm³/mol. The van der Waals surface area contributed by atoms with Gasteiger partial charge in [0.05, 0.1) is 5.69 Å². The molecule has 0 heterocycles. The summed E-state index contributed by atoms with van der Waals surface area (Å²) in [5.41, 5.74) is 0.738. The van der Waals surface area contributed by atoms with E-state index in [2.05, 4.69) is 25.8 Å². The molecule has 0 aliphatic heterocycles. The molecule has 24 heavy (non-hydrogen) atoms. The predicted octanol–water partition coefficient (Wildman–Crippen LogP) is 2.74. The number of aliphatic hydroxyl groups excluding tert-OH is 1. The number of phenolic OH excluding ortho intramolecular Hbond substituents is 1. The monoisotopic (exact) mass is 351 g/mol. The van der Waals surface area contributed by atoms with Gasteiger partial charge in [-0.15, -0.1) is 0 Å². The molecule has 9 nitrogen and oxygen atoms in total. The summed E-state index contributed by atoms with van der Waals surface area (Å²) in [5.74, 6) is -1.49. The molecule has 0 spiro atoms. The van der Waals surface area contributed by atoms with Crippen molar-refractivity contribution in [1.82, 2.24) is 0 Å². The molecular weight excluding hydrogens is 334 g/mol. The Bertz CT molecular complexity index is 938. The van der Waals surface area contributed by atoms with Gasteiger partial charge in [-0.25, -0.2) is 8.42 Å². The second-order valence-corrected chi connectivity index (χ2v) is 6.65. The molecule has 0 amide bonds. The molecule has 10 heteroatoms. The maximum absolute atomic E-state index is 12.2. The summed E-state index contributed by atoms with van der Waals surface area (Å²) >= 11 is 0. The van der Waals surface area contributed by atoms with E-state index in [0.29, 0.717) is 22.1 Å². The van der Waals surface area contributed by atoms with Crippen LogP contribution in [0.15, 0.2) is 43.6 Å². The number of rotatable bonds is 5. The minimum atomic E-state index is -4.07. The molecule has 0 saturated carbocycles. The van der Waals surface area contributed by atoms with E-state index in [0.717, 1.165) is 0 Å². The zero-order valence-electron chi connectivity index (χ0n) is 13.3. The maximum Gasteiger partial charge on any atom is 0.204 e. The van der Waals surface area contributed by atoms with Crippen LogP contribution in [0.4, 0.5) is 17.1 Å².